The standard InChI is InChI=1S/C16H24N2O2/c1-11-9-13(12-7-5-6-8-14(12)17-11)15(19)18-16(2,3)10-20-4/h5-8,11,13,17H,9-10H2,1-4H3,(H,18,19). The maximum atomic E-state index is 12.6. The van der Waals surface area contributed by atoms with Crippen molar-refractivity contribution in [1.29, 1.82) is 0 Å². The first-order valence-corrected chi connectivity index (χ1v) is 7.09. The van der Waals surface area contributed by atoms with E-state index in [1.54, 1.807) is 7.11 Å². The number of benzene rings is 1. The predicted molar refractivity (Wildman–Crippen MR) is 81.0 cm³/mol. The van der Waals surface area contributed by atoms with Crippen LogP contribution in [0.15, 0.2) is 24.3 Å². The Hall–Kier alpha value is -1.55. The quantitative estimate of drug-likeness (QED) is 0.888. The zero-order chi connectivity index (χ0) is 14.8. The molecule has 2 rings (SSSR count). The number of nitrogens with one attached hydrogen (secondary N) is 2. The molecule has 0 spiro atoms. The first-order chi connectivity index (χ1) is 9.43. The fraction of sp³-hybridized carbons (Fsp3) is 0.562. The maximum absolute atomic E-state index is 12.6. The third kappa shape index (κ3) is 3.31. The van der Waals surface area contributed by atoms with Crippen LogP contribution < -0.4 is 10.6 Å². The summed E-state index contributed by atoms with van der Waals surface area (Å²) in [6.07, 6.45) is 0.811. The molecule has 110 valence electrons. The van der Waals surface area contributed by atoms with Crippen molar-refractivity contribution < 1.29 is 9.53 Å². The van der Waals surface area contributed by atoms with Crippen LogP contribution in [0.5, 0.6) is 0 Å². The fourth-order valence-electron chi connectivity index (χ4n) is 2.80. The summed E-state index contributed by atoms with van der Waals surface area (Å²) in [6, 6.07) is 8.34. The van der Waals surface area contributed by atoms with Crippen molar-refractivity contribution in [2.75, 3.05) is 19.0 Å². The first kappa shape index (κ1) is 14.9. The third-order valence-electron chi connectivity index (χ3n) is 3.61. The van der Waals surface area contributed by atoms with Gasteiger partial charge < -0.3 is 15.4 Å². The number of ether oxygens (including phenoxy) is 1. The SMILES string of the molecule is COCC(C)(C)NC(=O)C1CC(C)Nc2ccccc21. The summed E-state index contributed by atoms with van der Waals surface area (Å²) in [7, 11) is 1.65. The Bertz CT molecular complexity index is 485. The van der Waals surface area contributed by atoms with Crippen LogP contribution in [0.3, 0.4) is 0 Å². The lowest BCUT2D eigenvalue weighted by atomic mass is 9.86. The van der Waals surface area contributed by atoms with E-state index in [-0.39, 0.29) is 17.4 Å². The Kier molecular flexibility index (Phi) is 4.33. The van der Waals surface area contributed by atoms with Crippen LogP contribution in [-0.4, -0.2) is 31.2 Å². The fourth-order valence-corrected chi connectivity index (χ4v) is 2.80. The van der Waals surface area contributed by atoms with E-state index in [4.69, 9.17) is 4.74 Å². The number of hydrogen-bond acceptors (Lipinski definition) is 3. The van der Waals surface area contributed by atoms with Crippen molar-refractivity contribution >= 4 is 11.6 Å². The van der Waals surface area contributed by atoms with Gasteiger partial charge in [0.2, 0.25) is 5.91 Å². The molecule has 1 heterocycles. The van der Waals surface area contributed by atoms with Crippen molar-refractivity contribution in [2.45, 2.75) is 44.7 Å². The van der Waals surface area contributed by atoms with Crippen molar-refractivity contribution in [3.63, 3.8) is 0 Å². The van der Waals surface area contributed by atoms with E-state index in [0.29, 0.717) is 12.6 Å². The molecule has 0 radical (unpaired) electrons. The number of carbonyl (C=O) groups is 1. The summed E-state index contributed by atoms with van der Waals surface area (Å²) in [6.45, 7) is 6.56. The summed E-state index contributed by atoms with van der Waals surface area (Å²) in [5, 5.41) is 6.52. The average Bonchev–Trinajstić information content (AvgIpc) is 2.36. The molecule has 4 nitrogen and oxygen atoms in total. The van der Waals surface area contributed by atoms with Gasteiger partial charge in [0.1, 0.15) is 0 Å². The van der Waals surface area contributed by atoms with Gasteiger partial charge in [-0.1, -0.05) is 18.2 Å². The van der Waals surface area contributed by atoms with Crippen molar-refractivity contribution in [1.82, 2.24) is 5.32 Å². The highest BCUT2D eigenvalue weighted by atomic mass is 16.5. The lowest BCUT2D eigenvalue weighted by Gasteiger charge is -2.33. The largest absolute Gasteiger partial charge is 0.382 e. The molecular formula is C16H24N2O2. The lowest BCUT2D eigenvalue weighted by Crippen LogP contribution is -2.49. The van der Waals surface area contributed by atoms with Gasteiger partial charge in [0.15, 0.2) is 0 Å². The van der Waals surface area contributed by atoms with E-state index < -0.39 is 0 Å². The average molecular weight is 276 g/mol. The normalized spacial score (nSPS) is 21.8. The molecule has 0 fully saturated rings. The molecule has 2 unspecified atom stereocenters. The van der Waals surface area contributed by atoms with E-state index in [1.807, 2.05) is 38.1 Å². The molecule has 1 aliphatic rings. The molecule has 0 saturated heterocycles. The second kappa shape index (κ2) is 5.83. The number of amides is 1. The number of hydrogen-bond donors (Lipinski definition) is 2. The minimum atomic E-state index is -0.352. The Morgan fingerprint density at radius 3 is 2.85 bits per heavy atom. The molecule has 4 heteroatoms. The molecule has 1 aromatic carbocycles. The number of fused-ring (bicyclic) bond motifs is 1. The van der Waals surface area contributed by atoms with Gasteiger partial charge in [-0.2, -0.15) is 0 Å². The summed E-state index contributed by atoms with van der Waals surface area (Å²) in [5.41, 5.74) is 1.79. The Morgan fingerprint density at radius 1 is 1.45 bits per heavy atom. The van der Waals surface area contributed by atoms with E-state index in [0.717, 1.165) is 17.7 Å². The summed E-state index contributed by atoms with van der Waals surface area (Å²) in [5.74, 6) is -0.0218. The maximum Gasteiger partial charge on any atom is 0.228 e. The number of rotatable bonds is 4. The van der Waals surface area contributed by atoms with Crippen LogP contribution in [0.2, 0.25) is 0 Å². The zero-order valence-electron chi connectivity index (χ0n) is 12.7. The number of carbonyl (C=O) groups excluding carboxylic acids is 1. The zero-order valence-corrected chi connectivity index (χ0v) is 12.7. The summed E-state index contributed by atoms with van der Waals surface area (Å²) < 4.78 is 5.16. The van der Waals surface area contributed by atoms with Gasteiger partial charge in [-0.05, 0) is 38.8 Å². The van der Waals surface area contributed by atoms with Crippen molar-refractivity contribution in [3.05, 3.63) is 29.8 Å². The number of para-hydroxylation sites is 1. The minimum Gasteiger partial charge on any atom is -0.382 e. The van der Waals surface area contributed by atoms with Crippen molar-refractivity contribution in [2.24, 2.45) is 0 Å². The van der Waals surface area contributed by atoms with Gasteiger partial charge in [-0.15, -0.1) is 0 Å². The topological polar surface area (TPSA) is 50.4 Å². The Labute approximate surface area is 120 Å². The molecule has 2 N–H and O–H groups in total. The molecule has 0 aromatic heterocycles. The highest BCUT2D eigenvalue weighted by molar-refractivity contribution is 5.87. The van der Waals surface area contributed by atoms with Crippen molar-refractivity contribution in [3.8, 4) is 0 Å². The third-order valence-corrected chi connectivity index (χ3v) is 3.61. The molecule has 1 aliphatic heterocycles. The minimum absolute atomic E-state index is 0.0767. The highest BCUT2D eigenvalue weighted by Crippen LogP contribution is 2.34. The number of anilines is 1. The summed E-state index contributed by atoms with van der Waals surface area (Å²) >= 11 is 0. The van der Waals surface area contributed by atoms with E-state index in [1.165, 1.54) is 0 Å². The van der Waals surface area contributed by atoms with Gasteiger partial charge >= 0.3 is 0 Å². The van der Waals surface area contributed by atoms with Crippen LogP contribution in [-0.2, 0) is 9.53 Å². The highest BCUT2D eigenvalue weighted by Gasteiger charge is 2.32. The molecule has 0 saturated carbocycles. The predicted octanol–water partition coefficient (Wildman–Crippen LogP) is 2.52. The van der Waals surface area contributed by atoms with Crippen LogP contribution in [0.25, 0.3) is 0 Å². The van der Waals surface area contributed by atoms with Crippen LogP contribution in [0, 0.1) is 0 Å². The molecule has 0 bridgehead atoms. The molecule has 20 heavy (non-hydrogen) atoms. The second-order valence-electron chi connectivity index (χ2n) is 6.23. The lowest BCUT2D eigenvalue weighted by molar-refractivity contribution is -0.125. The molecule has 0 aliphatic carbocycles. The Balaban J connectivity index is 2.18. The van der Waals surface area contributed by atoms with Crippen LogP contribution >= 0.6 is 0 Å². The summed E-state index contributed by atoms with van der Waals surface area (Å²) in [4.78, 5) is 12.6. The molecule has 2 atom stereocenters. The van der Waals surface area contributed by atoms with Gasteiger partial charge in [-0.3, -0.25) is 4.79 Å². The first-order valence-electron chi connectivity index (χ1n) is 7.09. The van der Waals surface area contributed by atoms with Gasteiger partial charge in [0.05, 0.1) is 18.1 Å². The molecule has 1 amide bonds. The van der Waals surface area contributed by atoms with Crippen LogP contribution in [0.1, 0.15) is 38.7 Å². The molecular weight excluding hydrogens is 252 g/mol. The second-order valence-corrected chi connectivity index (χ2v) is 6.23. The van der Waals surface area contributed by atoms with E-state index in [2.05, 4.69) is 17.6 Å². The molecule has 1 aromatic rings. The van der Waals surface area contributed by atoms with E-state index in [9.17, 15) is 4.79 Å². The monoisotopic (exact) mass is 276 g/mol. The Morgan fingerprint density at radius 2 is 2.15 bits per heavy atom. The number of methoxy groups -OCH3 is 1. The van der Waals surface area contributed by atoms with Gasteiger partial charge in [-0.25, -0.2) is 0 Å². The smallest absolute Gasteiger partial charge is 0.228 e. The van der Waals surface area contributed by atoms with Crippen LogP contribution in [0.4, 0.5) is 5.69 Å². The van der Waals surface area contributed by atoms with Gasteiger partial charge in [0, 0.05) is 18.8 Å². The van der Waals surface area contributed by atoms with Gasteiger partial charge in [0.25, 0.3) is 0 Å². The van der Waals surface area contributed by atoms with E-state index >= 15 is 0 Å².